The quantitative estimate of drug-likeness (QED) is 0.582. The number of ether oxygens (including phenoxy) is 1. The molecule has 3 heterocycles. The van der Waals surface area contributed by atoms with Gasteiger partial charge in [-0.15, -0.1) is 22.7 Å². The fourth-order valence-electron chi connectivity index (χ4n) is 3.21. The van der Waals surface area contributed by atoms with Crippen LogP contribution in [0.3, 0.4) is 0 Å². The van der Waals surface area contributed by atoms with Crippen LogP contribution in [0.25, 0.3) is 9.88 Å². The Bertz CT molecular complexity index is 1090. The van der Waals surface area contributed by atoms with E-state index in [1.54, 1.807) is 30.2 Å². The van der Waals surface area contributed by atoms with Gasteiger partial charge in [-0.25, -0.2) is 4.98 Å². The van der Waals surface area contributed by atoms with Crippen LogP contribution in [0.4, 0.5) is 11.4 Å². The zero-order chi connectivity index (χ0) is 20.5. The lowest BCUT2D eigenvalue weighted by Gasteiger charge is -2.19. The number of nitrogens with one attached hydrogen (secondary N) is 1. The summed E-state index contributed by atoms with van der Waals surface area (Å²) in [5, 5.41) is 3.67. The lowest BCUT2D eigenvalue weighted by molar-refractivity contribution is -0.117. The first kappa shape index (κ1) is 19.9. The number of rotatable bonds is 5. The summed E-state index contributed by atoms with van der Waals surface area (Å²) in [7, 11) is 1.55. The topological polar surface area (TPSA) is 71.5 Å². The van der Waals surface area contributed by atoms with Crippen molar-refractivity contribution in [1.82, 2.24) is 4.98 Å². The van der Waals surface area contributed by atoms with Crippen LogP contribution in [0.5, 0.6) is 5.75 Å². The summed E-state index contributed by atoms with van der Waals surface area (Å²) in [6.45, 7) is 2.49. The van der Waals surface area contributed by atoms with Crippen molar-refractivity contribution in [2.45, 2.75) is 19.8 Å². The minimum Gasteiger partial charge on any atom is -0.494 e. The molecule has 1 fully saturated rings. The molecule has 2 aromatic heterocycles. The van der Waals surface area contributed by atoms with Crippen molar-refractivity contribution in [3.63, 3.8) is 0 Å². The summed E-state index contributed by atoms with van der Waals surface area (Å²) < 4.78 is 6.14. The molecule has 9 heteroatoms. The SMILES string of the molecule is COc1cc(NC(=O)c2sc(-c3ccc(Cl)s3)nc2C)ccc1N1CCCC1=O. The Balaban J connectivity index is 1.55. The summed E-state index contributed by atoms with van der Waals surface area (Å²) in [5.41, 5.74) is 1.98. The average molecular weight is 448 g/mol. The Hall–Kier alpha value is -2.42. The van der Waals surface area contributed by atoms with Gasteiger partial charge in [-0.2, -0.15) is 0 Å². The summed E-state index contributed by atoms with van der Waals surface area (Å²) in [6.07, 6.45) is 1.38. The molecule has 0 unspecified atom stereocenters. The highest BCUT2D eigenvalue weighted by molar-refractivity contribution is 7.24. The highest BCUT2D eigenvalue weighted by Gasteiger charge is 2.25. The fraction of sp³-hybridized carbons (Fsp3) is 0.250. The Morgan fingerprint density at radius 1 is 1.28 bits per heavy atom. The van der Waals surface area contributed by atoms with Crippen LogP contribution in [-0.4, -0.2) is 30.5 Å². The van der Waals surface area contributed by atoms with Crippen molar-refractivity contribution in [3.8, 4) is 15.6 Å². The molecule has 3 aromatic rings. The summed E-state index contributed by atoms with van der Waals surface area (Å²) in [6, 6.07) is 9.02. The Morgan fingerprint density at radius 3 is 2.76 bits per heavy atom. The van der Waals surface area contributed by atoms with Gasteiger partial charge in [-0.3, -0.25) is 9.59 Å². The molecule has 1 aliphatic rings. The minimum absolute atomic E-state index is 0.0848. The molecule has 0 bridgehead atoms. The third kappa shape index (κ3) is 4.01. The molecule has 1 saturated heterocycles. The van der Waals surface area contributed by atoms with Crippen LogP contribution in [0, 0.1) is 6.92 Å². The van der Waals surface area contributed by atoms with Crippen molar-refractivity contribution in [3.05, 3.63) is 45.2 Å². The van der Waals surface area contributed by atoms with E-state index in [4.69, 9.17) is 16.3 Å². The van der Waals surface area contributed by atoms with E-state index in [9.17, 15) is 9.59 Å². The number of nitrogens with zero attached hydrogens (tertiary/aromatic N) is 2. The number of aryl methyl sites for hydroxylation is 1. The molecular formula is C20H18ClN3O3S2. The third-order valence-corrected chi connectivity index (χ3v) is 7.15. The Labute approximate surface area is 181 Å². The van der Waals surface area contributed by atoms with Crippen molar-refractivity contribution >= 4 is 57.5 Å². The molecule has 29 heavy (non-hydrogen) atoms. The number of carbonyl (C=O) groups excluding carboxylic acids is 2. The second kappa shape index (κ2) is 8.14. The maximum Gasteiger partial charge on any atom is 0.267 e. The number of methoxy groups -OCH3 is 1. The summed E-state index contributed by atoms with van der Waals surface area (Å²) in [4.78, 5) is 32.5. The van der Waals surface area contributed by atoms with Crippen molar-refractivity contribution in [2.75, 3.05) is 23.9 Å². The van der Waals surface area contributed by atoms with Gasteiger partial charge in [-0.05, 0) is 37.6 Å². The molecule has 0 atom stereocenters. The maximum atomic E-state index is 12.8. The number of halogens is 1. The predicted octanol–water partition coefficient (Wildman–Crippen LogP) is 5.22. The predicted molar refractivity (Wildman–Crippen MR) is 118 cm³/mol. The first-order valence-electron chi connectivity index (χ1n) is 8.99. The smallest absolute Gasteiger partial charge is 0.267 e. The number of amides is 2. The van der Waals surface area contributed by atoms with Crippen LogP contribution in [-0.2, 0) is 4.79 Å². The highest BCUT2D eigenvalue weighted by Crippen LogP contribution is 2.36. The average Bonchev–Trinajstić information content (AvgIpc) is 3.41. The largest absolute Gasteiger partial charge is 0.494 e. The van der Waals surface area contributed by atoms with Gasteiger partial charge in [-0.1, -0.05) is 11.6 Å². The van der Waals surface area contributed by atoms with Gasteiger partial charge in [0.05, 0.1) is 27.7 Å². The molecular weight excluding hydrogens is 430 g/mol. The van der Waals surface area contributed by atoms with E-state index in [1.807, 2.05) is 19.1 Å². The van der Waals surface area contributed by atoms with Crippen LogP contribution in [0.15, 0.2) is 30.3 Å². The van der Waals surface area contributed by atoms with E-state index >= 15 is 0 Å². The van der Waals surface area contributed by atoms with E-state index in [2.05, 4.69) is 10.3 Å². The number of hydrogen-bond donors (Lipinski definition) is 1. The molecule has 2 amide bonds. The van der Waals surface area contributed by atoms with Crippen LogP contribution >= 0.6 is 34.3 Å². The van der Waals surface area contributed by atoms with Gasteiger partial charge in [0.2, 0.25) is 5.91 Å². The molecule has 1 N–H and O–H groups in total. The molecule has 0 aliphatic carbocycles. The standard InChI is InChI=1S/C20H18ClN3O3S2/c1-11-18(29-20(22-11)15-7-8-16(21)28-15)19(26)23-12-5-6-13(14(10-12)27-2)24-9-3-4-17(24)25/h5-8,10H,3-4,9H2,1-2H3,(H,23,26). The normalized spacial score (nSPS) is 13.8. The third-order valence-electron chi connectivity index (χ3n) is 4.59. The number of hydrogen-bond acceptors (Lipinski definition) is 6. The molecule has 1 aromatic carbocycles. The molecule has 6 nitrogen and oxygen atoms in total. The lowest BCUT2D eigenvalue weighted by Crippen LogP contribution is -2.24. The Morgan fingerprint density at radius 2 is 2.10 bits per heavy atom. The van der Waals surface area contributed by atoms with Gasteiger partial charge in [0.15, 0.2) is 0 Å². The highest BCUT2D eigenvalue weighted by atomic mass is 35.5. The van der Waals surface area contributed by atoms with Crippen LogP contribution in [0.2, 0.25) is 4.34 Å². The van der Waals surface area contributed by atoms with Gasteiger partial charge >= 0.3 is 0 Å². The minimum atomic E-state index is -0.235. The molecule has 0 saturated carbocycles. The second-order valence-corrected chi connectivity index (χ2v) is 9.24. The maximum absolute atomic E-state index is 12.8. The number of thiazole rings is 1. The van der Waals surface area contributed by atoms with Crippen LogP contribution in [0.1, 0.15) is 28.2 Å². The van der Waals surface area contributed by atoms with E-state index in [1.165, 1.54) is 22.7 Å². The monoisotopic (exact) mass is 447 g/mol. The van der Waals surface area contributed by atoms with Gasteiger partial charge in [0.1, 0.15) is 15.6 Å². The zero-order valence-electron chi connectivity index (χ0n) is 15.8. The lowest BCUT2D eigenvalue weighted by atomic mass is 10.2. The number of benzene rings is 1. The van der Waals surface area contributed by atoms with E-state index in [0.717, 1.165) is 22.0 Å². The van der Waals surface area contributed by atoms with E-state index < -0.39 is 0 Å². The van der Waals surface area contributed by atoms with Crippen molar-refractivity contribution < 1.29 is 14.3 Å². The first-order chi connectivity index (χ1) is 14.0. The second-order valence-electron chi connectivity index (χ2n) is 6.53. The summed E-state index contributed by atoms with van der Waals surface area (Å²) in [5.74, 6) is 0.399. The number of thiophene rings is 1. The fourth-order valence-corrected chi connectivity index (χ4v) is 5.27. The van der Waals surface area contributed by atoms with Crippen molar-refractivity contribution in [2.24, 2.45) is 0 Å². The van der Waals surface area contributed by atoms with Crippen LogP contribution < -0.4 is 15.0 Å². The molecule has 150 valence electrons. The number of aromatic nitrogens is 1. The molecule has 0 spiro atoms. The van der Waals surface area contributed by atoms with Gasteiger partial charge in [0, 0.05) is 24.7 Å². The Kier molecular flexibility index (Phi) is 5.58. The van der Waals surface area contributed by atoms with E-state index in [0.29, 0.717) is 39.3 Å². The number of anilines is 2. The van der Waals surface area contributed by atoms with E-state index in [-0.39, 0.29) is 11.8 Å². The van der Waals surface area contributed by atoms with Gasteiger partial charge in [0.25, 0.3) is 5.91 Å². The van der Waals surface area contributed by atoms with Gasteiger partial charge < -0.3 is 15.0 Å². The summed E-state index contributed by atoms with van der Waals surface area (Å²) >= 11 is 8.77. The molecule has 0 radical (unpaired) electrons. The molecule has 4 rings (SSSR count). The first-order valence-corrected chi connectivity index (χ1v) is 11.0. The van der Waals surface area contributed by atoms with Crippen molar-refractivity contribution in [1.29, 1.82) is 0 Å². The zero-order valence-corrected chi connectivity index (χ0v) is 18.2. The molecule has 1 aliphatic heterocycles. The number of carbonyl (C=O) groups is 2.